The van der Waals surface area contributed by atoms with Crippen molar-refractivity contribution in [1.29, 1.82) is 0 Å². The van der Waals surface area contributed by atoms with Crippen LogP contribution < -0.4 is 0 Å². The Hall–Kier alpha value is -1.24. The van der Waals surface area contributed by atoms with E-state index in [2.05, 4.69) is 15.9 Å². The summed E-state index contributed by atoms with van der Waals surface area (Å²) in [7, 11) is 0. The van der Waals surface area contributed by atoms with Crippen LogP contribution in [0.3, 0.4) is 0 Å². The summed E-state index contributed by atoms with van der Waals surface area (Å²) in [4.78, 5) is 13.9. The molecule has 1 unspecified atom stereocenters. The highest BCUT2D eigenvalue weighted by Crippen LogP contribution is 2.29. The Bertz CT molecular complexity index is 552. The highest BCUT2D eigenvalue weighted by Gasteiger charge is 2.31. The van der Waals surface area contributed by atoms with Crippen molar-refractivity contribution in [3.05, 3.63) is 29.1 Å². The first-order valence-corrected chi connectivity index (χ1v) is 7.83. The van der Waals surface area contributed by atoms with E-state index >= 15 is 0 Å². The van der Waals surface area contributed by atoms with Crippen LogP contribution in [0.4, 0.5) is 13.2 Å². The molecule has 3 nitrogen and oxygen atoms in total. The smallest absolute Gasteiger partial charge is 0.257 e. The molecular weight excluding hydrogens is 351 g/mol. The van der Waals surface area contributed by atoms with Gasteiger partial charge in [0.25, 0.3) is 5.91 Å². The van der Waals surface area contributed by atoms with Crippen molar-refractivity contribution in [1.82, 2.24) is 4.90 Å². The number of amides is 1. The number of piperidine rings is 1. The Labute approximate surface area is 128 Å². The van der Waals surface area contributed by atoms with Gasteiger partial charge in [-0.25, -0.2) is 8.78 Å². The molecule has 0 bridgehead atoms. The maximum absolute atomic E-state index is 13.8. The Balaban J connectivity index is 2.34. The largest absolute Gasteiger partial charge is 0.503 e. The standard InChI is InChI=1S/C14H15BrF3NO2/c15-5-4-8-3-1-2-6-19(8)14(21)9-7-10(16)12(18)13(20)11(9)17/h7-8,20H,1-6H2. The molecule has 116 valence electrons. The van der Waals surface area contributed by atoms with Gasteiger partial charge in [-0.1, -0.05) is 15.9 Å². The molecule has 1 aliphatic heterocycles. The van der Waals surface area contributed by atoms with E-state index in [9.17, 15) is 23.1 Å². The molecule has 1 fully saturated rings. The number of phenols is 1. The molecule has 1 heterocycles. The fraction of sp³-hybridized carbons (Fsp3) is 0.500. The molecule has 1 amide bonds. The number of hydrogen-bond donors (Lipinski definition) is 1. The minimum absolute atomic E-state index is 0.0692. The lowest BCUT2D eigenvalue weighted by atomic mass is 9.98. The van der Waals surface area contributed by atoms with Crippen LogP contribution in [-0.2, 0) is 0 Å². The second-order valence-corrected chi connectivity index (χ2v) is 5.80. The number of aromatic hydroxyl groups is 1. The molecule has 1 aromatic carbocycles. The molecule has 7 heteroatoms. The lowest BCUT2D eigenvalue weighted by Crippen LogP contribution is -2.44. The van der Waals surface area contributed by atoms with Crippen molar-refractivity contribution in [2.45, 2.75) is 31.7 Å². The highest BCUT2D eigenvalue weighted by atomic mass is 79.9. The number of halogens is 4. The fourth-order valence-corrected chi connectivity index (χ4v) is 3.12. The molecule has 0 aliphatic carbocycles. The normalized spacial score (nSPS) is 18.9. The third-order valence-electron chi connectivity index (χ3n) is 3.69. The monoisotopic (exact) mass is 365 g/mol. The van der Waals surface area contributed by atoms with Crippen LogP contribution in [-0.4, -0.2) is 33.8 Å². The predicted octanol–water partition coefficient (Wildman–Crippen LogP) is 3.59. The van der Waals surface area contributed by atoms with Crippen molar-refractivity contribution in [3.63, 3.8) is 0 Å². The number of rotatable bonds is 3. The van der Waals surface area contributed by atoms with Crippen LogP contribution in [0.5, 0.6) is 5.75 Å². The molecule has 2 rings (SSSR count). The topological polar surface area (TPSA) is 40.5 Å². The molecule has 21 heavy (non-hydrogen) atoms. The van der Waals surface area contributed by atoms with Crippen molar-refractivity contribution >= 4 is 21.8 Å². The van der Waals surface area contributed by atoms with Gasteiger partial charge in [0.2, 0.25) is 5.82 Å². The van der Waals surface area contributed by atoms with Gasteiger partial charge in [-0.2, -0.15) is 4.39 Å². The lowest BCUT2D eigenvalue weighted by Gasteiger charge is -2.35. The molecule has 0 aromatic heterocycles. The quantitative estimate of drug-likeness (QED) is 0.656. The van der Waals surface area contributed by atoms with E-state index in [1.807, 2.05) is 0 Å². The van der Waals surface area contributed by atoms with Gasteiger partial charge in [0.1, 0.15) is 0 Å². The lowest BCUT2D eigenvalue weighted by molar-refractivity contribution is 0.0603. The molecule has 1 N–H and O–H groups in total. The summed E-state index contributed by atoms with van der Waals surface area (Å²) < 4.78 is 40.2. The predicted molar refractivity (Wildman–Crippen MR) is 75.1 cm³/mol. The molecule has 0 radical (unpaired) electrons. The van der Waals surface area contributed by atoms with Crippen LogP contribution in [0.2, 0.25) is 0 Å². The van der Waals surface area contributed by atoms with Crippen LogP contribution >= 0.6 is 15.9 Å². The number of alkyl halides is 1. The Kier molecular flexibility index (Phi) is 5.13. The molecule has 1 aliphatic rings. The van der Waals surface area contributed by atoms with Crippen LogP contribution in [0.25, 0.3) is 0 Å². The summed E-state index contributed by atoms with van der Waals surface area (Å²) in [5, 5.41) is 9.90. The van der Waals surface area contributed by atoms with Gasteiger partial charge in [0.15, 0.2) is 17.4 Å². The minimum atomic E-state index is -1.68. The molecule has 0 spiro atoms. The summed E-state index contributed by atoms with van der Waals surface area (Å²) >= 11 is 3.30. The van der Waals surface area contributed by atoms with E-state index in [-0.39, 0.29) is 6.04 Å². The maximum Gasteiger partial charge on any atom is 0.257 e. The van der Waals surface area contributed by atoms with E-state index in [1.54, 1.807) is 0 Å². The zero-order valence-corrected chi connectivity index (χ0v) is 12.8. The maximum atomic E-state index is 13.8. The van der Waals surface area contributed by atoms with Crippen molar-refractivity contribution in [2.75, 3.05) is 11.9 Å². The summed E-state index contributed by atoms with van der Waals surface area (Å²) in [6.07, 6.45) is 3.23. The third kappa shape index (κ3) is 3.17. The first kappa shape index (κ1) is 16.1. The summed E-state index contributed by atoms with van der Waals surface area (Å²) in [5.41, 5.74) is -0.632. The second-order valence-electron chi connectivity index (χ2n) is 5.01. The van der Waals surface area contributed by atoms with E-state index < -0.39 is 34.7 Å². The first-order chi connectivity index (χ1) is 9.97. The van der Waals surface area contributed by atoms with Crippen LogP contribution in [0, 0.1) is 17.5 Å². The molecule has 1 atom stereocenters. The zero-order chi connectivity index (χ0) is 15.6. The van der Waals surface area contributed by atoms with Crippen molar-refractivity contribution < 1.29 is 23.1 Å². The van der Waals surface area contributed by atoms with Crippen molar-refractivity contribution in [2.24, 2.45) is 0 Å². The second kappa shape index (κ2) is 6.68. The number of benzene rings is 1. The number of likely N-dealkylation sites (tertiary alicyclic amines) is 1. The first-order valence-electron chi connectivity index (χ1n) is 6.70. The van der Waals surface area contributed by atoms with Gasteiger partial charge in [-0.3, -0.25) is 4.79 Å². The number of carbonyl (C=O) groups excluding carboxylic acids is 1. The van der Waals surface area contributed by atoms with E-state index in [0.717, 1.165) is 19.3 Å². The van der Waals surface area contributed by atoms with Crippen molar-refractivity contribution in [3.8, 4) is 5.75 Å². The van der Waals surface area contributed by atoms with E-state index in [4.69, 9.17) is 0 Å². The SMILES string of the molecule is O=C(c1cc(F)c(F)c(O)c1F)N1CCCCC1CCBr. The van der Waals surface area contributed by atoms with E-state index in [1.165, 1.54) is 4.90 Å². The van der Waals surface area contributed by atoms with Gasteiger partial charge < -0.3 is 10.0 Å². The Morgan fingerprint density at radius 3 is 2.71 bits per heavy atom. The number of nitrogens with zero attached hydrogens (tertiary/aromatic N) is 1. The number of phenolic OH excluding ortho intramolecular Hbond substituents is 1. The molecule has 1 saturated heterocycles. The highest BCUT2D eigenvalue weighted by molar-refractivity contribution is 9.09. The summed E-state index contributed by atoms with van der Waals surface area (Å²) in [6, 6.07) is 0.437. The van der Waals surface area contributed by atoms with Gasteiger partial charge in [0.05, 0.1) is 5.56 Å². The third-order valence-corrected chi connectivity index (χ3v) is 4.15. The molecular formula is C14H15BrF3NO2. The molecule has 0 saturated carbocycles. The minimum Gasteiger partial charge on any atom is -0.503 e. The Morgan fingerprint density at radius 2 is 2.05 bits per heavy atom. The van der Waals surface area contributed by atoms with Gasteiger partial charge in [-0.15, -0.1) is 0 Å². The summed E-state index contributed by atoms with van der Waals surface area (Å²) in [5.74, 6) is -6.70. The summed E-state index contributed by atoms with van der Waals surface area (Å²) in [6.45, 7) is 0.440. The van der Waals surface area contributed by atoms with Gasteiger partial charge >= 0.3 is 0 Å². The van der Waals surface area contributed by atoms with Gasteiger partial charge in [-0.05, 0) is 31.7 Å². The Morgan fingerprint density at radius 1 is 1.33 bits per heavy atom. The molecule has 1 aromatic rings. The van der Waals surface area contributed by atoms with E-state index in [0.29, 0.717) is 24.4 Å². The van der Waals surface area contributed by atoms with Crippen LogP contribution in [0.1, 0.15) is 36.0 Å². The van der Waals surface area contributed by atoms with Gasteiger partial charge in [0, 0.05) is 17.9 Å². The number of hydrogen-bond acceptors (Lipinski definition) is 2. The fourth-order valence-electron chi connectivity index (χ4n) is 2.59. The zero-order valence-electron chi connectivity index (χ0n) is 11.2. The average Bonchev–Trinajstić information content (AvgIpc) is 2.49. The van der Waals surface area contributed by atoms with Crippen LogP contribution in [0.15, 0.2) is 6.07 Å². The average molecular weight is 366 g/mol. The number of carbonyl (C=O) groups is 1.